The lowest BCUT2D eigenvalue weighted by atomic mass is 10.1. The molecule has 27 heavy (non-hydrogen) atoms. The Bertz CT molecular complexity index is 512. The lowest BCUT2D eigenvalue weighted by Gasteiger charge is -2.11. The van der Waals surface area contributed by atoms with E-state index < -0.39 is 0 Å². The highest BCUT2D eigenvalue weighted by atomic mass is 16.5. The van der Waals surface area contributed by atoms with Crippen LogP contribution in [-0.4, -0.2) is 30.4 Å². The Morgan fingerprint density at radius 1 is 1.04 bits per heavy atom. The Morgan fingerprint density at radius 3 is 2.41 bits per heavy atom. The van der Waals surface area contributed by atoms with Crippen LogP contribution >= 0.6 is 0 Å². The van der Waals surface area contributed by atoms with Gasteiger partial charge in [-0.2, -0.15) is 0 Å². The van der Waals surface area contributed by atoms with Crippen LogP contribution in [0.4, 0.5) is 0 Å². The van der Waals surface area contributed by atoms with Crippen LogP contribution in [0.25, 0.3) is 6.08 Å². The zero-order valence-electron chi connectivity index (χ0n) is 17.2. The molecule has 0 spiro atoms. The Balaban J connectivity index is 1.54. The van der Waals surface area contributed by atoms with Gasteiger partial charge in [-0.05, 0) is 30.4 Å². The predicted molar refractivity (Wildman–Crippen MR) is 115 cm³/mol. The van der Waals surface area contributed by atoms with Crippen LogP contribution in [0.3, 0.4) is 0 Å². The summed E-state index contributed by atoms with van der Waals surface area (Å²) in [6.07, 6.45) is 17.9. The summed E-state index contributed by atoms with van der Waals surface area (Å²) in [6.45, 7) is 3.95. The molecule has 3 heteroatoms. The van der Waals surface area contributed by atoms with Gasteiger partial charge < -0.3 is 15.2 Å². The second kappa shape index (κ2) is 13.9. The van der Waals surface area contributed by atoms with Crippen molar-refractivity contribution in [1.29, 1.82) is 0 Å². The number of hydrogen-bond donors (Lipinski definition) is 2. The maximum atomic E-state index is 9.15. The summed E-state index contributed by atoms with van der Waals surface area (Å²) in [5, 5.41) is 12.4. The molecule has 3 nitrogen and oxygen atoms in total. The molecule has 1 fully saturated rings. The van der Waals surface area contributed by atoms with Crippen molar-refractivity contribution in [3.63, 3.8) is 0 Å². The maximum absolute atomic E-state index is 9.15. The highest BCUT2D eigenvalue weighted by molar-refractivity contribution is 5.49. The third-order valence-electron chi connectivity index (χ3n) is 5.40. The molecule has 2 atom stereocenters. The monoisotopic (exact) mass is 373 g/mol. The molecule has 1 aromatic rings. The average Bonchev–Trinajstić information content (AvgIpc) is 3.17. The molecule has 0 radical (unpaired) electrons. The third-order valence-corrected chi connectivity index (χ3v) is 5.40. The summed E-state index contributed by atoms with van der Waals surface area (Å²) in [5.41, 5.74) is 2.48. The van der Waals surface area contributed by atoms with E-state index in [0.29, 0.717) is 6.61 Å². The SMILES string of the molecule is CCCCCCCCCC/C=C/c1ccc(CO[C@@H]2CN[C@@H](CO)C2)cc1. The Hall–Kier alpha value is -1.16. The molecule has 0 aliphatic carbocycles. The first-order valence-electron chi connectivity index (χ1n) is 11.0. The number of benzene rings is 1. The van der Waals surface area contributed by atoms with Gasteiger partial charge in [-0.15, -0.1) is 0 Å². The van der Waals surface area contributed by atoms with E-state index in [9.17, 15) is 0 Å². The Labute approximate surface area is 166 Å². The maximum Gasteiger partial charge on any atom is 0.0721 e. The highest BCUT2D eigenvalue weighted by Gasteiger charge is 2.23. The second-order valence-electron chi connectivity index (χ2n) is 7.86. The van der Waals surface area contributed by atoms with Gasteiger partial charge in [0.15, 0.2) is 0 Å². The van der Waals surface area contributed by atoms with Crippen LogP contribution < -0.4 is 5.32 Å². The molecule has 0 amide bonds. The van der Waals surface area contributed by atoms with E-state index in [1.807, 2.05) is 0 Å². The number of rotatable bonds is 14. The Kier molecular flexibility index (Phi) is 11.4. The molecule has 1 aliphatic heterocycles. The van der Waals surface area contributed by atoms with Crippen LogP contribution in [0.5, 0.6) is 0 Å². The lowest BCUT2D eigenvalue weighted by Crippen LogP contribution is -2.24. The van der Waals surface area contributed by atoms with Crippen molar-refractivity contribution in [2.45, 2.75) is 89.9 Å². The van der Waals surface area contributed by atoms with Crippen LogP contribution in [0.15, 0.2) is 30.3 Å². The van der Waals surface area contributed by atoms with Gasteiger partial charge in [-0.25, -0.2) is 0 Å². The number of unbranched alkanes of at least 4 members (excludes halogenated alkanes) is 8. The first kappa shape index (κ1) is 22.1. The number of aliphatic hydroxyl groups excluding tert-OH is 1. The molecule has 1 aliphatic rings. The fourth-order valence-corrected chi connectivity index (χ4v) is 3.60. The summed E-state index contributed by atoms with van der Waals surface area (Å²) in [4.78, 5) is 0. The van der Waals surface area contributed by atoms with Crippen molar-refractivity contribution in [2.24, 2.45) is 0 Å². The van der Waals surface area contributed by atoms with Gasteiger partial charge >= 0.3 is 0 Å². The summed E-state index contributed by atoms with van der Waals surface area (Å²) in [6, 6.07) is 8.85. The minimum Gasteiger partial charge on any atom is -0.395 e. The summed E-state index contributed by atoms with van der Waals surface area (Å²) < 4.78 is 5.94. The van der Waals surface area contributed by atoms with Crippen molar-refractivity contribution in [2.75, 3.05) is 13.2 Å². The normalized spacial score (nSPS) is 19.9. The molecular formula is C24H39NO2. The molecule has 0 saturated carbocycles. The van der Waals surface area contributed by atoms with Crippen molar-refractivity contribution >= 4 is 6.08 Å². The van der Waals surface area contributed by atoms with E-state index in [1.54, 1.807) is 0 Å². The van der Waals surface area contributed by atoms with Gasteiger partial charge in [0, 0.05) is 12.6 Å². The van der Waals surface area contributed by atoms with Crippen molar-refractivity contribution in [3.05, 3.63) is 41.5 Å². The molecular weight excluding hydrogens is 334 g/mol. The quantitative estimate of drug-likeness (QED) is 0.425. The van der Waals surface area contributed by atoms with E-state index in [-0.39, 0.29) is 18.8 Å². The lowest BCUT2D eigenvalue weighted by molar-refractivity contribution is 0.0512. The van der Waals surface area contributed by atoms with Crippen molar-refractivity contribution in [1.82, 2.24) is 5.32 Å². The standard InChI is InChI=1S/C24H39NO2/c1-2-3-4-5-6-7-8-9-10-11-12-21-13-15-22(16-14-21)20-27-24-17-23(19-26)25-18-24/h11-16,23-26H,2-10,17-20H2,1H3/b12-11+/t23-,24+/m1/s1. The molecule has 1 aromatic carbocycles. The second-order valence-corrected chi connectivity index (χ2v) is 7.86. The predicted octanol–water partition coefficient (Wildman–Crippen LogP) is 5.47. The number of allylic oxidation sites excluding steroid dienone is 1. The van der Waals surface area contributed by atoms with Gasteiger partial charge in [0.25, 0.3) is 0 Å². The van der Waals surface area contributed by atoms with E-state index in [2.05, 4.69) is 48.7 Å². The smallest absolute Gasteiger partial charge is 0.0721 e. The molecule has 0 aromatic heterocycles. The summed E-state index contributed by atoms with van der Waals surface area (Å²) in [5.74, 6) is 0. The number of nitrogens with one attached hydrogen (secondary N) is 1. The van der Waals surface area contributed by atoms with Crippen molar-refractivity contribution in [3.8, 4) is 0 Å². The minimum absolute atomic E-state index is 0.194. The fourth-order valence-electron chi connectivity index (χ4n) is 3.60. The van der Waals surface area contributed by atoms with Gasteiger partial charge in [0.1, 0.15) is 0 Å². The topological polar surface area (TPSA) is 41.5 Å². The Morgan fingerprint density at radius 2 is 1.74 bits per heavy atom. The van der Waals surface area contributed by atoms with Crippen LogP contribution in [0.2, 0.25) is 0 Å². The molecule has 1 saturated heterocycles. The highest BCUT2D eigenvalue weighted by Crippen LogP contribution is 2.14. The average molecular weight is 374 g/mol. The summed E-state index contributed by atoms with van der Waals surface area (Å²) >= 11 is 0. The molecule has 2 N–H and O–H groups in total. The summed E-state index contributed by atoms with van der Waals surface area (Å²) in [7, 11) is 0. The van der Waals surface area contributed by atoms with E-state index in [1.165, 1.54) is 68.9 Å². The van der Waals surface area contributed by atoms with Crippen LogP contribution in [0.1, 0.15) is 82.3 Å². The van der Waals surface area contributed by atoms with Crippen molar-refractivity contribution < 1.29 is 9.84 Å². The minimum atomic E-state index is 0.194. The van der Waals surface area contributed by atoms with Gasteiger partial charge in [0.2, 0.25) is 0 Å². The largest absolute Gasteiger partial charge is 0.395 e. The number of hydrogen-bond acceptors (Lipinski definition) is 3. The molecule has 0 unspecified atom stereocenters. The first-order chi connectivity index (χ1) is 13.3. The van der Waals surface area contributed by atoms with E-state index >= 15 is 0 Å². The first-order valence-corrected chi connectivity index (χ1v) is 11.0. The molecule has 1 heterocycles. The van der Waals surface area contributed by atoms with Gasteiger partial charge in [0.05, 0.1) is 19.3 Å². The molecule has 0 bridgehead atoms. The van der Waals surface area contributed by atoms with Gasteiger partial charge in [-0.1, -0.05) is 88.3 Å². The van der Waals surface area contributed by atoms with Crippen LogP contribution in [0, 0.1) is 0 Å². The van der Waals surface area contributed by atoms with Gasteiger partial charge in [-0.3, -0.25) is 0 Å². The molecule has 152 valence electrons. The zero-order valence-corrected chi connectivity index (χ0v) is 17.2. The zero-order chi connectivity index (χ0) is 19.2. The third kappa shape index (κ3) is 9.55. The number of ether oxygens (including phenoxy) is 1. The fraction of sp³-hybridized carbons (Fsp3) is 0.667. The van der Waals surface area contributed by atoms with E-state index in [0.717, 1.165) is 13.0 Å². The van der Waals surface area contributed by atoms with Crippen LogP contribution in [-0.2, 0) is 11.3 Å². The number of aliphatic hydroxyl groups is 1. The van der Waals surface area contributed by atoms with E-state index in [4.69, 9.17) is 9.84 Å². The molecule has 2 rings (SSSR count).